The zero-order chi connectivity index (χ0) is 7.98. The van der Waals surface area contributed by atoms with Crippen LogP contribution in [0.1, 0.15) is 6.92 Å². The van der Waals surface area contributed by atoms with E-state index in [0.717, 1.165) is 0 Å². The van der Waals surface area contributed by atoms with Gasteiger partial charge in [0.15, 0.2) is 0 Å². The van der Waals surface area contributed by atoms with Crippen molar-refractivity contribution in [3.05, 3.63) is 22.8 Å². The zero-order valence-electron chi connectivity index (χ0n) is 6.04. The molecule has 0 rings (SSSR count). The molecule has 0 saturated heterocycles. The van der Waals surface area contributed by atoms with E-state index < -0.39 is 0 Å². The summed E-state index contributed by atoms with van der Waals surface area (Å²) in [5.41, 5.74) is 0. The van der Waals surface area contributed by atoms with Crippen molar-refractivity contribution >= 4 is 0 Å². The Balaban J connectivity index is 3.33. The van der Waals surface area contributed by atoms with Crippen molar-refractivity contribution in [3.63, 3.8) is 0 Å². The fraction of sp³-hybridized carbons (Fsp3) is 0.667. The number of nitro groups is 1. The summed E-state index contributed by atoms with van der Waals surface area (Å²) < 4.78 is 0. The minimum absolute atomic E-state index is 0.0339. The van der Waals surface area contributed by atoms with Crippen LogP contribution in [0.3, 0.4) is 0 Å². The average Bonchev–Trinajstić information content (AvgIpc) is 1.82. The van der Waals surface area contributed by atoms with Gasteiger partial charge in [0, 0.05) is 11.5 Å². The van der Waals surface area contributed by atoms with Crippen LogP contribution in [0, 0.1) is 10.1 Å². The van der Waals surface area contributed by atoms with Crippen LogP contribution in [0.15, 0.2) is 12.7 Å². The summed E-state index contributed by atoms with van der Waals surface area (Å²) in [6, 6.07) is -0.0759. The molecule has 0 amide bonds. The van der Waals surface area contributed by atoms with Crippen LogP contribution < -0.4 is 5.32 Å². The molecule has 1 atom stereocenters. The van der Waals surface area contributed by atoms with Crippen LogP contribution in [0.2, 0.25) is 0 Å². The Hall–Kier alpha value is -0.900. The van der Waals surface area contributed by atoms with Gasteiger partial charge in [-0.2, -0.15) is 0 Å². The number of nitrogens with zero attached hydrogens (tertiary/aromatic N) is 1. The van der Waals surface area contributed by atoms with E-state index in [2.05, 4.69) is 11.9 Å². The van der Waals surface area contributed by atoms with E-state index in [1.165, 1.54) is 0 Å². The van der Waals surface area contributed by atoms with Crippen LogP contribution in [-0.4, -0.2) is 24.1 Å². The summed E-state index contributed by atoms with van der Waals surface area (Å²) in [5.74, 6) is 0. The van der Waals surface area contributed by atoms with Crippen LogP contribution in [0.4, 0.5) is 0 Å². The van der Waals surface area contributed by atoms with Gasteiger partial charge in [-0.05, 0) is 6.92 Å². The zero-order valence-corrected chi connectivity index (χ0v) is 6.04. The van der Waals surface area contributed by atoms with Gasteiger partial charge in [-0.25, -0.2) is 0 Å². The standard InChI is InChI=1S/C6H12N2O2/c1-3-4-7-6(2)5-8(9)10/h3,6-7H,1,4-5H2,2H3. The van der Waals surface area contributed by atoms with Crippen molar-refractivity contribution in [2.45, 2.75) is 13.0 Å². The molecule has 10 heavy (non-hydrogen) atoms. The lowest BCUT2D eigenvalue weighted by Gasteiger charge is -2.05. The van der Waals surface area contributed by atoms with Gasteiger partial charge in [-0.3, -0.25) is 10.1 Å². The van der Waals surface area contributed by atoms with Gasteiger partial charge in [0.25, 0.3) is 0 Å². The molecule has 0 heterocycles. The molecule has 0 aliphatic heterocycles. The molecule has 1 unspecified atom stereocenters. The average molecular weight is 144 g/mol. The Morgan fingerprint density at radius 1 is 1.90 bits per heavy atom. The highest BCUT2D eigenvalue weighted by molar-refractivity contribution is 4.72. The number of hydrogen-bond acceptors (Lipinski definition) is 3. The van der Waals surface area contributed by atoms with E-state index in [-0.39, 0.29) is 17.5 Å². The van der Waals surface area contributed by atoms with E-state index in [1.807, 2.05) is 0 Å². The fourth-order valence-corrected chi connectivity index (χ4v) is 0.573. The third-order valence-electron chi connectivity index (χ3n) is 1.03. The monoisotopic (exact) mass is 144 g/mol. The molecule has 0 saturated carbocycles. The van der Waals surface area contributed by atoms with Crippen molar-refractivity contribution in [2.75, 3.05) is 13.1 Å². The molecule has 0 spiro atoms. The second-order valence-corrected chi connectivity index (χ2v) is 2.11. The highest BCUT2D eigenvalue weighted by Crippen LogP contribution is 1.80. The first-order valence-electron chi connectivity index (χ1n) is 3.13. The molecule has 1 N–H and O–H groups in total. The number of hydrogen-bond donors (Lipinski definition) is 1. The molecule has 0 aromatic heterocycles. The molecule has 0 aliphatic carbocycles. The summed E-state index contributed by atoms with van der Waals surface area (Å²) in [6.45, 7) is 5.84. The molecular formula is C6H12N2O2. The lowest BCUT2D eigenvalue weighted by Crippen LogP contribution is -2.32. The predicted octanol–water partition coefficient (Wildman–Crippen LogP) is 0.427. The summed E-state index contributed by atoms with van der Waals surface area (Å²) in [5, 5.41) is 12.8. The number of rotatable bonds is 5. The van der Waals surface area contributed by atoms with Crippen molar-refractivity contribution in [3.8, 4) is 0 Å². The third kappa shape index (κ3) is 5.24. The molecule has 4 nitrogen and oxygen atoms in total. The second-order valence-electron chi connectivity index (χ2n) is 2.11. The Morgan fingerprint density at radius 2 is 2.50 bits per heavy atom. The quantitative estimate of drug-likeness (QED) is 0.346. The largest absolute Gasteiger partial charge is 0.305 e. The van der Waals surface area contributed by atoms with Gasteiger partial charge < -0.3 is 5.32 Å². The van der Waals surface area contributed by atoms with Crippen molar-refractivity contribution in [2.24, 2.45) is 0 Å². The van der Waals surface area contributed by atoms with Gasteiger partial charge in [-0.1, -0.05) is 6.08 Å². The van der Waals surface area contributed by atoms with Crippen molar-refractivity contribution in [1.82, 2.24) is 5.32 Å². The lowest BCUT2D eigenvalue weighted by molar-refractivity contribution is -0.482. The van der Waals surface area contributed by atoms with Gasteiger partial charge in [0.1, 0.15) is 0 Å². The van der Waals surface area contributed by atoms with E-state index in [1.54, 1.807) is 13.0 Å². The molecule has 58 valence electrons. The predicted molar refractivity (Wildman–Crippen MR) is 39.5 cm³/mol. The summed E-state index contributed by atoms with van der Waals surface area (Å²) >= 11 is 0. The maximum Gasteiger partial charge on any atom is 0.218 e. The first-order valence-corrected chi connectivity index (χ1v) is 3.13. The molecule has 0 bridgehead atoms. The highest BCUT2D eigenvalue weighted by Gasteiger charge is 2.05. The smallest absolute Gasteiger partial charge is 0.218 e. The van der Waals surface area contributed by atoms with Gasteiger partial charge in [0.2, 0.25) is 6.54 Å². The Bertz CT molecular complexity index is 125. The molecule has 4 heteroatoms. The van der Waals surface area contributed by atoms with Gasteiger partial charge in [0.05, 0.1) is 6.04 Å². The molecular weight excluding hydrogens is 132 g/mol. The van der Waals surface area contributed by atoms with Crippen molar-refractivity contribution in [1.29, 1.82) is 0 Å². The van der Waals surface area contributed by atoms with E-state index in [0.29, 0.717) is 6.54 Å². The molecule has 0 aromatic carbocycles. The Kier molecular flexibility index (Phi) is 4.49. The minimum Gasteiger partial charge on any atom is -0.305 e. The molecule has 0 aliphatic rings. The van der Waals surface area contributed by atoms with Crippen molar-refractivity contribution < 1.29 is 4.92 Å². The fourth-order valence-electron chi connectivity index (χ4n) is 0.573. The summed E-state index contributed by atoms with van der Waals surface area (Å²) in [6.07, 6.45) is 1.68. The highest BCUT2D eigenvalue weighted by atomic mass is 16.6. The van der Waals surface area contributed by atoms with Gasteiger partial charge >= 0.3 is 0 Å². The van der Waals surface area contributed by atoms with Crippen LogP contribution in [0.5, 0.6) is 0 Å². The normalized spacial score (nSPS) is 12.5. The third-order valence-corrected chi connectivity index (χ3v) is 1.03. The van der Waals surface area contributed by atoms with Crippen LogP contribution >= 0.6 is 0 Å². The van der Waals surface area contributed by atoms with E-state index in [9.17, 15) is 10.1 Å². The Labute approximate surface area is 60.1 Å². The number of nitrogens with one attached hydrogen (secondary N) is 1. The Morgan fingerprint density at radius 3 is 2.90 bits per heavy atom. The minimum atomic E-state index is -0.333. The van der Waals surface area contributed by atoms with E-state index in [4.69, 9.17) is 0 Å². The first kappa shape index (κ1) is 9.10. The van der Waals surface area contributed by atoms with Crippen LogP contribution in [0.25, 0.3) is 0 Å². The topological polar surface area (TPSA) is 55.2 Å². The second kappa shape index (κ2) is 4.93. The molecule has 0 fully saturated rings. The maximum atomic E-state index is 9.91. The maximum absolute atomic E-state index is 9.91. The SMILES string of the molecule is C=CCNC(C)C[N+](=O)[O-]. The van der Waals surface area contributed by atoms with Crippen LogP contribution in [-0.2, 0) is 0 Å². The summed E-state index contributed by atoms with van der Waals surface area (Å²) in [4.78, 5) is 9.58. The molecule has 0 aromatic rings. The van der Waals surface area contributed by atoms with Gasteiger partial charge in [-0.15, -0.1) is 6.58 Å². The van der Waals surface area contributed by atoms with E-state index >= 15 is 0 Å². The molecule has 0 radical (unpaired) electrons. The lowest BCUT2D eigenvalue weighted by atomic mass is 10.3. The summed E-state index contributed by atoms with van der Waals surface area (Å²) in [7, 11) is 0. The first-order chi connectivity index (χ1) is 4.66.